The number of benzene rings is 2. The van der Waals surface area contributed by atoms with E-state index in [9.17, 15) is 9.59 Å². The zero-order valence-electron chi connectivity index (χ0n) is 14.3. The van der Waals surface area contributed by atoms with Crippen LogP contribution in [-0.2, 0) is 16.0 Å². The molecule has 2 amide bonds. The van der Waals surface area contributed by atoms with Gasteiger partial charge in [0.05, 0.1) is 6.54 Å². The van der Waals surface area contributed by atoms with Gasteiger partial charge in [0, 0.05) is 17.2 Å². The molecular weight excluding hydrogens is 384 g/mol. The standard InChI is InChI=1S/C19H21BrN2O3/c1-3-14-7-4-5-10-17(14)21-18(23)12-22(2)19(24)13-25-16-9-6-8-15(20)11-16/h4-11H,3,12-13H2,1-2H3,(H,21,23). The average Bonchev–Trinajstić information content (AvgIpc) is 2.60. The molecule has 0 unspecified atom stereocenters. The highest BCUT2D eigenvalue weighted by atomic mass is 79.9. The van der Waals surface area contributed by atoms with Crippen LogP contribution in [0.4, 0.5) is 5.69 Å². The Hall–Kier alpha value is -2.34. The molecule has 2 rings (SSSR count). The van der Waals surface area contributed by atoms with Gasteiger partial charge in [-0.25, -0.2) is 0 Å². The van der Waals surface area contributed by atoms with Gasteiger partial charge in [-0.3, -0.25) is 9.59 Å². The fraction of sp³-hybridized carbons (Fsp3) is 0.263. The molecule has 0 radical (unpaired) electrons. The number of hydrogen-bond donors (Lipinski definition) is 1. The lowest BCUT2D eigenvalue weighted by molar-refractivity contribution is -0.135. The fourth-order valence-electron chi connectivity index (χ4n) is 2.26. The van der Waals surface area contributed by atoms with Crippen LogP contribution in [0, 0.1) is 0 Å². The van der Waals surface area contributed by atoms with E-state index in [1.54, 1.807) is 19.2 Å². The van der Waals surface area contributed by atoms with Gasteiger partial charge in [-0.15, -0.1) is 0 Å². The second-order valence-corrected chi connectivity index (χ2v) is 6.47. The molecule has 0 bridgehead atoms. The van der Waals surface area contributed by atoms with Crippen molar-refractivity contribution in [3.05, 3.63) is 58.6 Å². The summed E-state index contributed by atoms with van der Waals surface area (Å²) in [6.07, 6.45) is 0.825. The predicted molar refractivity (Wildman–Crippen MR) is 102 cm³/mol. The number of ether oxygens (including phenoxy) is 1. The van der Waals surface area contributed by atoms with Crippen molar-refractivity contribution in [2.75, 3.05) is 25.5 Å². The highest BCUT2D eigenvalue weighted by Crippen LogP contribution is 2.18. The lowest BCUT2D eigenvalue weighted by Crippen LogP contribution is -2.37. The summed E-state index contributed by atoms with van der Waals surface area (Å²) in [4.78, 5) is 25.6. The molecule has 2 aromatic carbocycles. The molecular formula is C19H21BrN2O3. The van der Waals surface area contributed by atoms with Crippen LogP contribution in [0.15, 0.2) is 53.0 Å². The first-order valence-corrected chi connectivity index (χ1v) is 8.79. The molecule has 0 aliphatic heterocycles. The van der Waals surface area contributed by atoms with Gasteiger partial charge in [0.1, 0.15) is 5.75 Å². The Bertz CT molecular complexity index is 749. The summed E-state index contributed by atoms with van der Waals surface area (Å²) in [7, 11) is 1.58. The van der Waals surface area contributed by atoms with Crippen LogP contribution >= 0.6 is 15.9 Å². The van der Waals surface area contributed by atoms with Crippen LogP contribution in [0.3, 0.4) is 0 Å². The molecule has 0 aliphatic carbocycles. The van der Waals surface area contributed by atoms with Crippen LogP contribution in [0.1, 0.15) is 12.5 Å². The first-order valence-electron chi connectivity index (χ1n) is 7.99. The Kier molecular flexibility index (Phi) is 7.01. The third-order valence-electron chi connectivity index (χ3n) is 3.64. The molecule has 0 heterocycles. The topological polar surface area (TPSA) is 58.6 Å². The van der Waals surface area contributed by atoms with Crippen molar-refractivity contribution in [2.24, 2.45) is 0 Å². The molecule has 5 nitrogen and oxygen atoms in total. The van der Waals surface area contributed by atoms with Crippen molar-refractivity contribution in [1.29, 1.82) is 0 Å². The molecule has 1 N–H and O–H groups in total. The zero-order valence-corrected chi connectivity index (χ0v) is 15.9. The molecule has 25 heavy (non-hydrogen) atoms. The number of anilines is 1. The number of amides is 2. The predicted octanol–water partition coefficient (Wildman–Crippen LogP) is 3.49. The Labute approximate surface area is 156 Å². The smallest absolute Gasteiger partial charge is 0.260 e. The monoisotopic (exact) mass is 404 g/mol. The van der Waals surface area contributed by atoms with Crippen molar-refractivity contribution in [1.82, 2.24) is 4.90 Å². The van der Waals surface area contributed by atoms with E-state index in [1.807, 2.05) is 43.3 Å². The Morgan fingerprint density at radius 2 is 1.92 bits per heavy atom. The van der Waals surface area contributed by atoms with E-state index < -0.39 is 0 Å². The number of halogens is 1. The highest BCUT2D eigenvalue weighted by molar-refractivity contribution is 9.10. The van der Waals surface area contributed by atoms with E-state index in [2.05, 4.69) is 21.2 Å². The van der Waals surface area contributed by atoms with E-state index >= 15 is 0 Å². The minimum absolute atomic E-state index is 0.0290. The third-order valence-corrected chi connectivity index (χ3v) is 4.13. The molecule has 0 fully saturated rings. The number of aryl methyl sites for hydroxylation is 1. The van der Waals surface area contributed by atoms with Crippen LogP contribution in [0.25, 0.3) is 0 Å². The third kappa shape index (κ3) is 5.90. The molecule has 0 atom stereocenters. The molecule has 2 aromatic rings. The maximum atomic E-state index is 12.2. The quantitative estimate of drug-likeness (QED) is 0.768. The number of para-hydroxylation sites is 1. The molecule has 0 saturated heterocycles. The van der Waals surface area contributed by atoms with E-state index in [1.165, 1.54) is 4.90 Å². The zero-order chi connectivity index (χ0) is 18.2. The van der Waals surface area contributed by atoms with Crippen molar-refractivity contribution < 1.29 is 14.3 Å². The summed E-state index contributed by atoms with van der Waals surface area (Å²) in [5.41, 5.74) is 1.84. The fourth-order valence-corrected chi connectivity index (χ4v) is 2.63. The van der Waals surface area contributed by atoms with Gasteiger partial charge < -0.3 is 15.0 Å². The number of carbonyl (C=O) groups is 2. The molecule has 0 aromatic heterocycles. The van der Waals surface area contributed by atoms with Gasteiger partial charge in [-0.1, -0.05) is 47.1 Å². The number of rotatable bonds is 7. The Morgan fingerprint density at radius 3 is 2.64 bits per heavy atom. The van der Waals surface area contributed by atoms with Crippen LogP contribution in [0.5, 0.6) is 5.75 Å². The van der Waals surface area contributed by atoms with Gasteiger partial charge in [0.2, 0.25) is 5.91 Å². The van der Waals surface area contributed by atoms with Gasteiger partial charge in [-0.05, 0) is 36.2 Å². The number of hydrogen-bond acceptors (Lipinski definition) is 3. The molecule has 0 spiro atoms. The number of nitrogens with zero attached hydrogens (tertiary/aromatic N) is 1. The maximum Gasteiger partial charge on any atom is 0.260 e. The normalized spacial score (nSPS) is 10.2. The highest BCUT2D eigenvalue weighted by Gasteiger charge is 2.14. The van der Waals surface area contributed by atoms with E-state index in [4.69, 9.17) is 4.74 Å². The maximum absolute atomic E-state index is 12.2. The van der Waals surface area contributed by atoms with Crippen molar-refractivity contribution in [3.8, 4) is 5.75 Å². The van der Waals surface area contributed by atoms with Crippen LogP contribution in [0.2, 0.25) is 0 Å². The van der Waals surface area contributed by atoms with Gasteiger partial charge in [0.25, 0.3) is 5.91 Å². The summed E-state index contributed by atoms with van der Waals surface area (Å²) in [6, 6.07) is 14.9. The summed E-state index contributed by atoms with van der Waals surface area (Å²) in [5.74, 6) is 0.0931. The Balaban J connectivity index is 1.84. The molecule has 132 valence electrons. The summed E-state index contributed by atoms with van der Waals surface area (Å²) in [5, 5.41) is 2.85. The minimum Gasteiger partial charge on any atom is -0.484 e. The molecule has 6 heteroatoms. The summed E-state index contributed by atoms with van der Waals surface area (Å²) < 4.78 is 6.33. The average molecular weight is 405 g/mol. The number of nitrogens with one attached hydrogen (secondary N) is 1. The SMILES string of the molecule is CCc1ccccc1NC(=O)CN(C)C(=O)COc1cccc(Br)c1. The summed E-state index contributed by atoms with van der Waals surface area (Å²) in [6.45, 7) is 1.88. The van der Waals surface area contributed by atoms with Crippen molar-refractivity contribution in [3.63, 3.8) is 0 Å². The molecule has 0 aliphatic rings. The second-order valence-electron chi connectivity index (χ2n) is 5.55. The number of likely N-dealkylation sites (N-methyl/N-ethyl adjacent to an activating group) is 1. The van der Waals surface area contributed by atoms with Crippen LogP contribution < -0.4 is 10.1 Å². The lowest BCUT2D eigenvalue weighted by Gasteiger charge is -2.18. The molecule has 0 saturated carbocycles. The largest absolute Gasteiger partial charge is 0.484 e. The van der Waals surface area contributed by atoms with Gasteiger partial charge in [-0.2, -0.15) is 0 Å². The van der Waals surface area contributed by atoms with E-state index in [-0.39, 0.29) is 25.0 Å². The lowest BCUT2D eigenvalue weighted by atomic mass is 10.1. The minimum atomic E-state index is -0.265. The second kappa shape index (κ2) is 9.22. The van der Waals surface area contributed by atoms with Gasteiger partial charge >= 0.3 is 0 Å². The van der Waals surface area contributed by atoms with Crippen molar-refractivity contribution in [2.45, 2.75) is 13.3 Å². The first kappa shape index (κ1) is 19.0. The number of carbonyl (C=O) groups excluding carboxylic acids is 2. The van der Waals surface area contributed by atoms with E-state index in [0.717, 1.165) is 22.1 Å². The first-order chi connectivity index (χ1) is 12.0. The Morgan fingerprint density at radius 1 is 1.16 bits per heavy atom. The van der Waals surface area contributed by atoms with Crippen LogP contribution in [-0.4, -0.2) is 36.9 Å². The van der Waals surface area contributed by atoms with E-state index in [0.29, 0.717) is 5.75 Å². The van der Waals surface area contributed by atoms with Crippen molar-refractivity contribution >= 4 is 33.4 Å². The van der Waals surface area contributed by atoms with Gasteiger partial charge in [0.15, 0.2) is 6.61 Å². The summed E-state index contributed by atoms with van der Waals surface area (Å²) >= 11 is 3.35.